The molecule has 2 nitrogen and oxygen atoms in total. The first kappa shape index (κ1) is 19.6. The fraction of sp³-hybridized carbons (Fsp3) is 0.565. The van der Waals surface area contributed by atoms with E-state index in [-0.39, 0.29) is 0 Å². The summed E-state index contributed by atoms with van der Waals surface area (Å²) in [6.07, 6.45) is 22.7. The van der Waals surface area contributed by atoms with Gasteiger partial charge in [-0.05, 0) is 18.6 Å². The summed E-state index contributed by atoms with van der Waals surface area (Å²) >= 11 is 0. The van der Waals surface area contributed by atoms with Gasteiger partial charge in [0.2, 0.25) is 0 Å². The molecule has 0 spiro atoms. The van der Waals surface area contributed by atoms with Crippen molar-refractivity contribution in [3.63, 3.8) is 0 Å². The molecular weight excluding hydrogens is 304 g/mol. The molecule has 0 atom stereocenters. The predicted octanol–water partition coefficient (Wildman–Crippen LogP) is 5.39. The lowest BCUT2D eigenvalue weighted by atomic mass is 10.1. The smallest absolute Gasteiger partial charge is 0.176 e. The van der Waals surface area contributed by atoms with Crippen LogP contribution in [0, 0.1) is 0 Å². The molecular formula is C23H36N2+2. The largest absolute Gasteiger partial charge is 0.207 e. The van der Waals surface area contributed by atoms with E-state index in [9.17, 15) is 0 Å². The number of aryl methyl sites for hydroxylation is 2. The predicted molar refractivity (Wildman–Crippen MR) is 105 cm³/mol. The molecule has 0 unspecified atom stereocenters. The summed E-state index contributed by atoms with van der Waals surface area (Å²) in [4.78, 5) is 0. The van der Waals surface area contributed by atoms with Crippen molar-refractivity contribution < 1.29 is 9.13 Å². The second-order valence-corrected chi connectivity index (χ2v) is 7.27. The first-order valence-corrected chi connectivity index (χ1v) is 10.2. The minimum Gasteiger partial charge on any atom is -0.207 e. The van der Waals surface area contributed by atoms with Gasteiger partial charge in [-0.2, -0.15) is 0 Å². The van der Waals surface area contributed by atoms with Crippen molar-refractivity contribution in [1.82, 2.24) is 0 Å². The van der Waals surface area contributed by atoms with E-state index in [1.54, 1.807) is 0 Å². The fourth-order valence-corrected chi connectivity index (χ4v) is 3.37. The van der Waals surface area contributed by atoms with E-state index in [0.717, 1.165) is 6.54 Å². The van der Waals surface area contributed by atoms with Gasteiger partial charge in [0, 0.05) is 18.6 Å². The van der Waals surface area contributed by atoms with E-state index in [1.165, 1.54) is 75.3 Å². The molecule has 0 aliphatic heterocycles. The second-order valence-electron chi connectivity index (χ2n) is 7.27. The number of nitrogens with zero attached hydrogens (tertiary/aromatic N) is 2. The first-order chi connectivity index (χ1) is 12.3. The Kier molecular flexibility index (Phi) is 9.25. The summed E-state index contributed by atoms with van der Waals surface area (Å²) in [6, 6.07) is 8.65. The van der Waals surface area contributed by atoms with Crippen LogP contribution in [-0.2, 0) is 13.6 Å². The zero-order valence-corrected chi connectivity index (χ0v) is 16.3. The van der Waals surface area contributed by atoms with E-state index < -0.39 is 0 Å². The molecule has 2 aromatic heterocycles. The maximum atomic E-state index is 2.34. The van der Waals surface area contributed by atoms with Gasteiger partial charge in [0.1, 0.15) is 13.6 Å². The summed E-state index contributed by atoms with van der Waals surface area (Å²) in [5.74, 6) is 0. The second kappa shape index (κ2) is 11.8. The van der Waals surface area contributed by atoms with Gasteiger partial charge in [0.25, 0.3) is 0 Å². The Hall–Kier alpha value is -1.70. The van der Waals surface area contributed by atoms with E-state index in [0.29, 0.717) is 0 Å². The number of hydrogen-bond donors (Lipinski definition) is 0. The molecule has 0 amide bonds. The van der Waals surface area contributed by atoms with Crippen LogP contribution >= 0.6 is 0 Å². The minimum absolute atomic E-state index is 1.13. The maximum absolute atomic E-state index is 2.34. The Labute approximate surface area is 154 Å². The monoisotopic (exact) mass is 340 g/mol. The molecule has 0 radical (unpaired) electrons. The van der Waals surface area contributed by atoms with E-state index in [2.05, 4.69) is 72.2 Å². The topological polar surface area (TPSA) is 7.76 Å². The van der Waals surface area contributed by atoms with E-state index in [4.69, 9.17) is 0 Å². The van der Waals surface area contributed by atoms with Crippen molar-refractivity contribution in [2.75, 3.05) is 0 Å². The third kappa shape index (κ3) is 7.81. The van der Waals surface area contributed by atoms with Crippen molar-refractivity contribution in [3.05, 3.63) is 49.1 Å². The molecule has 0 saturated heterocycles. The van der Waals surface area contributed by atoms with Crippen molar-refractivity contribution in [1.29, 1.82) is 0 Å². The molecule has 2 rings (SSSR count). The van der Waals surface area contributed by atoms with Gasteiger partial charge in [-0.3, -0.25) is 0 Å². The average molecular weight is 341 g/mol. The lowest BCUT2D eigenvalue weighted by Crippen LogP contribution is -2.33. The zero-order valence-electron chi connectivity index (χ0n) is 16.3. The number of pyridine rings is 2. The summed E-state index contributed by atoms with van der Waals surface area (Å²) in [5, 5.41) is 0. The molecule has 136 valence electrons. The first-order valence-electron chi connectivity index (χ1n) is 10.2. The Morgan fingerprint density at radius 3 is 1.88 bits per heavy atom. The highest BCUT2D eigenvalue weighted by molar-refractivity contribution is 5.59. The maximum Gasteiger partial charge on any atom is 0.176 e. The van der Waals surface area contributed by atoms with Crippen LogP contribution in [-0.4, -0.2) is 0 Å². The number of aromatic nitrogens is 2. The van der Waals surface area contributed by atoms with Crippen molar-refractivity contribution in [3.8, 4) is 11.1 Å². The van der Waals surface area contributed by atoms with Gasteiger partial charge in [0.15, 0.2) is 24.8 Å². The zero-order chi connectivity index (χ0) is 17.7. The van der Waals surface area contributed by atoms with Gasteiger partial charge >= 0.3 is 0 Å². The van der Waals surface area contributed by atoms with Crippen LogP contribution in [0.4, 0.5) is 0 Å². The van der Waals surface area contributed by atoms with Crippen LogP contribution in [0.25, 0.3) is 11.1 Å². The fourth-order valence-electron chi connectivity index (χ4n) is 3.37. The Morgan fingerprint density at radius 1 is 0.680 bits per heavy atom. The molecule has 2 heterocycles. The van der Waals surface area contributed by atoms with E-state index >= 15 is 0 Å². The molecule has 0 aromatic carbocycles. The van der Waals surface area contributed by atoms with Gasteiger partial charge in [0.05, 0.1) is 11.1 Å². The van der Waals surface area contributed by atoms with Crippen molar-refractivity contribution >= 4 is 0 Å². The van der Waals surface area contributed by atoms with Crippen molar-refractivity contribution in [2.45, 2.75) is 77.7 Å². The van der Waals surface area contributed by atoms with E-state index in [1.807, 2.05) is 0 Å². The standard InChI is InChI=1S/C23H36N2/c1-3-4-5-6-7-8-9-10-11-12-18-25-19-14-16-23(21-25)22-15-13-17-24(2)20-22/h13-17,19-21H,3-12,18H2,1-2H3/q+2. The molecule has 25 heavy (non-hydrogen) atoms. The van der Waals surface area contributed by atoms with Gasteiger partial charge in [-0.1, -0.05) is 58.3 Å². The highest BCUT2D eigenvalue weighted by Gasteiger charge is 2.07. The van der Waals surface area contributed by atoms with Gasteiger partial charge < -0.3 is 0 Å². The molecule has 0 N–H and O–H groups in total. The molecule has 0 fully saturated rings. The third-order valence-electron chi connectivity index (χ3n) is 4.90. The SMILES string of the molecule is CCCCCCCCCCCC[n+]1cccc(-c2ccc[n+](C)c2)c1. The normalized spacial score (nSPS) is 11.0. The highest BCUT2D eigenvalue weighted by Crippen LogP contribution is 2.15. The van der Waals surface area contributed by atoms with Crippen LogP contribution < -0.4 is 9.13 Å². The van der Waals surface area contributed by atoms with Crippen LogP contribution in [0.5, 0.6) is 0 Å². The van der Waals surface area contributed by atoms with Crippen LogP contribution in [0.3, 0.4) is 0 Å². The van der Waals surface area contributed by atoms with Crippen LogP contribution in [0.1, 0.15) is 71.1 Å². The molecule has 0 aliphatic rings. The van der Waals surface area contributed by atoms with Crippen molar-refractivity contribution in [2.24, 2.45) is 7.05 Å². The van der Waals surface area contributed by atoms with Crippen LogP contribution in [0.2, 0.25) is 0 Å². The van der Waals surface area contributed by atoms with Crippen LogP contribution in [0.15, 0.2) is 49.1 Å². The number of rotatable bonds is 12. The lowest BCUT2D eigenvalue weighted by molar-refractivity contribution is -0.697. The Morgan fingerprint density at radius 2 is 1.24 bits per heavy atom. The third-order valence-corrected chi connectivity index (χ3v) is 4.90. The van der Waals surface area contributed by atoms with Gasteiger partial charge in [-0.25, -0.2) is 9.13 Å². The molecule has 2 aromatic rings. The molecule has 2 heteroatoms. The quantitative estimate of drug-likeness (QED) is 0.362. The average Bonchev–Trinajstić information content (AvgIpc) is 2.63. The number of unbranched alkanes of at least 4 members (excludes halogenated alkanes) is 9. The highest BCUT2D eigenvalue weighted by atomic mass is 14.9. The lowest BCUT2D eigenvalue weighted by Gasteiger charge is -2.02. The molecule has 0 bridgehead atoms. The Bertz CT molecular complexity index is 607. The Balaban J connectivity index is 1.64. The molecule has 0 saturated carbocycles. The molecule has 0 aliphatic carbocycles. The summed E-state index contributed by atoms with van der Waals surface area (Å²) in [5.41, 5.74) is 2.58. The number of hydrogen-bond acceptors (Lipinski definition) is 0. The summed E-state index contributed by atoms with van der Waals surface area (Å²) in [7, 11) is 2.07. The van der Waals surface area contributed by atoms with Gasteiger partial charge in [-0.15, -0.1) is 0 Å². The summed E-state index contributed by atoms with van der Waals surface area (Å²) < 4.78 is 4.45. The summed E-state index contributed by atoms with van der Waals surface area (Å²) in [6.45, 7) is 3.41. The minimum atomic E-state index is 1.13.